The Kier molecular flexibility index (Phi) is 4.12. The Morgan fingerprint density at radius 3 is 2.62 bits per heavy atom. The highest BCUT2D eigenvalue weighted by atomic mass is 16.5. The van der Waals surface area contributed by atoms with Crippen LogP contribution in [0.1, 0.15) is 0 Å². The number of nitrogens with two attached hydrogens (primary N) is 1. The normalized spacial score (nSPS) is 10.0. The van der Waals surface area contributed by atoms with E-state index >= 15 is 0 Å². The summed E-state index contributed by atoms with van der Waals surface area (Å²) >= 11 is 0. The number of aromatic nitrogens is 2. The van der Waals surface area contributed by atoms with Gasteiger partial charge in [-0.2, -0.15) is 9.97 Å². The van der Waals surface area contributed by atoms with Crippen molar-refractivity contribution in [1.29, 1.82) is 0 Å². The second kappa shape index (κ2) is 5.36. The van der Waals surface area contributed by atoms with Gasteiger partial charge in [-0.3, -0.25) is 0 Å². The molecule has 0 unspecified atom stereocenters. The van der Waals surface area contributed by atoms with Crippen LogP contribution < -0.4 is 20.7 Å². The van der Waals surface area contributed by atoms with E-state index < -0.39 is 0 Å². The molecule has 1 heterocycles. The number of nitrogen functional groups attached to an aromatic ring is 1. The lowest BCUT2D eigenvalue weighted by Gasteiger charge is -2.15. The third kappa shape index (κ3) is 2.63. The fourth-order valence-corrected chi connectivity index (χ4v) is 1.10. The van der Waals surface area contributed by atoms with Crippen LogP contribution in [0, 0.1) is 0 Å². The number of rotatable bonds is 5. The van der Waals surface area contributed by atoms with Crippen molar-refractivity contribution < 1.29 is 9.84 Å². The van der Waals surface area contributed by atoms with Gasteiger partial charge < -0.3 is 25.8 Å². The Hall–Kier alpha value is -1.76. The first-order chi connectivity index (χ1) is 7.60. The average molecular weight is 227 g/mol. The Morgan fingerprint density at radius 2 is 2.12 bits per heavy atom. The molecule has 16 heavy (non-hydrogen) atoms. The minimum Gasteiger partial charge on any atom is -0.479 e. The van der Waals surface area contributed by atoms with E-state index in [-0.39, 0.29) is 6.61 Å². The summed E-state index contributed by atoms with van der Waals surface area (Å²) in [4.78, 5) is 10.1. The van der Waals surface area contributed by atoms with Crippen LogP contribution in [0.2, 0.25) is 0 Å². The molecule has 1 aromatic rings. The van der Waals surface area contributed by atoms with E-state index in [4.69, 9.17) is 15.6 Å². The molecule has 0 amide bonds. The smallest absolute Gasteiger partial charge is 0.244 e. The maximum absolute atomic E-state index is 8.74. The van der Waals surface area contributed by atoms with Gasteiger partial charge in [0.15, 0.2) is 5.82 Å². The largest absolute Gasteiger partial charge is 0.479 e. The summed E-state index contributed by atoms with van der Waals surface area (Å²) in [5, 5.41) is 11.6. The maximum atomic E-state index is 8.74. The van der Waals surface area contributed by atoms with Crippen molar-refractivity contribution in [2.45, 2.75) is 0 Å². The van der Waals surface area contributed by atoms with Crippen LogP contribution >= 0.6 is 0 Å². The first-order valence-electron chi connectivity index (χ1n) is 4.83. The summed E-state index contributed by atoms with van der Waals surface area (Å²) in [6.07, 6.45) is 0. The summed E-state index contributed by atoms with van der Waals surface area (Å²) in [6, 6.07) is 0. The van der Waals surface area contributed by atoms with E-state index in [9.17, 15) is 0 Å². The van der Waals surface area contributed by atoms with Crippen LogP contribution in [0.4, 0.5) is 17.5 Å². The van der Waals surface area contributed by atoms with Crippen molar-refractivity contribution in [3.63, 3.8) is 0 Å². The molecular formula is C9H17N5O2. The summed E-state index contributed by atoms with van der Waals surface area (Å²) in [5.41, 5.74) is 6.13. The SMILES string of the molecule is COc1nc(N(C)C)nc(NCCO)c1N. The number of hydrogen-bond acceptors (Lipinski definition) is 7. The highest BCUT2D eigenvalue weighted by molar-refractivity contribution is 5.68. The third-order valence-corrected chi connectivity index (χ3v) is 1.90. The number of nitrogens with one attached hydrogen (secondary N) is 1. The fourth-order valence-electron chi connectivity index (χ4n) is 1.10. The molecule has 0 bridgehead atoms. The lowest BCUT2D eigenvalue weighted by atomic mass is 10.4. The average Bonchev–Trinajstić information content (AvgIpc) is 2.27. The zero-order valence-electron chi connectivity index (χ0n) is 9.69. The minimum absolute atomic E-state index is 0.00303. The molecule has 0 aliphatic rings. The number of anilines is 3. The topological polar surface area (TPSA) is 96.5 Å². The third-order valence-electron chi connectivity index (χ3n) is 1.90. The quantitative estimate of drug-likeness (QED) is 0.626. The predicted molar refractivity (Wildman–Crippen MR) is 62.9 cm³/mol. The van der Waals surface area contributed by atoms with Crippen molar-refractivity contribution in [2.24, 2.45) is 0 Å². The molecule has 90 valence electrons. The number of methoxy groups -OCH3 is 1. The summed E-state index contributed by atoms with van der Waals surface area (Å²) in [5.74, 6) is 1.27. The molecule has 0 atom stereocenters. The van der Waals surface area contributed by atoms with Crippen molar-refractivity contribution in [3.8, 4) is 5.88 Å². The van der Waals surface area contributed by atoms with Gasteiger partial charge in [0.05, 0.1) is 13.7 Å². The molecule has 1 aromatic heterocycles. The predicted octanol–water partition coefficient (Wildman–Crippen LogP) is -0.462. The number of hydrogen-bond donors (Lipinski definition) is 3. The van der Waals surface area contributed by atoms with Gasteiger partial charge in [-0.05, 0) is 0 Å². The molecule has 4 N–H and O–H groups in total. The lowest BCUT2D eigenvalue weighted by Crippen LogP contribution is -2.17. The lowest BCUT2D eigenvalue weighted by molar-refractivity contribution is 0.311. The van der Waals surface area contributed by atoms with E-state index in [1.54, 1.807) is 4.90 Å². The van der Waals surface area contributed by atoms with Gasteiger partial charge in [-0.1, -0.05) is 0 Å². The first kappa shape index (κ1) is 12.3. The van der Waals surface area contributed by atoms with Crippen molar-refractivity contribution >= 4 is 17.5 Å². The van der Waals surface area contributed by atoms with Gasteiger partial charge in [-0.25, -0.2) is 0 Å². The highest BCUT2D eigenvalue weighted by Crippen LogP contribution is 2.27. The van der Waals surface area contributed by atoms with Crippen molar-refractivity contribution in [2.75, 3.05) is 50.3 Å². The molecule has 0 saturated carbocycles. The van der Waals surface area contributed by atoms with Crippen LogP contribution in [-0.2, 0) is 0 Å². The zero-order chi connectivity index (χ0) is 12.1. The minimum atomic E-state index is 0.00303. The van der Waals surface area contributed by atoms with Crippen molar-refractivity contribution in [3.05, 3.63) is 0 Å². The Morgan fingerprint density at radius 1 is 1.44 bits per heavy atom. The molecule has 0 saturated heterocycles. The van der Waals surface area contributed by atoms with Gasteiger partial charge in [0, 0.05) is 20.6 Å². The molecule has 7 heteroatoms. The van der Waals surface area contributed by atoms with Crippen LogP contribution in [0.25, 0.3) is 0 Å². The van der Waals surface area contributed by atoms with Gasteiger partial charge in [0.1, 0.15) is 5.69 Å². The van der Waals surface area contributed by atoms with E-state index in [0.717, 1.165) is 0 Å². The second-order valence-corrected chi connectivity index (χ2v) is 3.34. The number of aliphatic hydroxyl groups excluding tert-OH is 1. The van der Waals surface area contributed by atoms with E-state index in [1.165, 1.54) is 7.11 Å². The Bertz CT molecular complexity index is 356. The molecule has 1 rings (SSSR count). The standard InChI is InChI=1S/C9H17N5O2/c1-14(2)9-12-7(11-4-5-15)6(10)8(13-9)16-3/h15H,4-5,10H2,1-3H3,(H,11,12,13). The number of ether oxygens (including phenoxy) is 1. The van der Waals surface area contributed by atoms with Crippen LogP contribution in [0.5, 0.6) is 5.88 Å². The fraction of sp³-hybridized carbons (Fsp3) is 0.556. The summed E-state index contributed by atoms with van der Waals surface area (Å²) in [6.45, 7) is 0.375. The maximum Gasteiger partial charge on any atom is 0.244 e. The number of nitrogens with zero attached hydrogens (tertiary/aromatic N) is 3. The Labute approximate surface area is 94.3 Å². The molecule has 0 radical (unpaired) electrons. The monoisotopic (exact) mass is 227 g/mol. The zero-order valence-corrected chi connectivity index (χ0v) is 9.69. The summed E-state index contributed by atoms with van der Waals surface area (Å²) < 4.78 is 5.05. The first-order valence-corrected chi connectivity index (χ1v) is 4.83. The van der Waals surface area contributed by atoms with Crippen LogP contribution in [0.15, 0.2) is 0 Å². The molecule has 7 nitrogen and oxygen atoms in total. The summed E-state index contributed by atoms with van der Waals surface area (Å²) in [7, 11) is 5.13. The molecule has 0 fully saturated rings. The highest BCUT2D eigenvalue weighted by Gasteiger charge is 2.12. The Balaban J connectivity index is 3.08. The van der Waals surface area contributed by atoms with Gasteiger partial charge >= 0.3 is 0 Å². The molecular weight excluding hydrogens is 210 g/mol. The van der Waals surface area contributed by atoms with E-state index in [1.807, 2.05) is 14.1 Å². The number of aliphatic hydroxyl groups is 1. The van der Waals surface area contributed by atoms with Crippen LogP contribution in [0.3, 0.4) is 0 Å². The van der Waals surface area contributed by atoms with Crippen molar-refractivity contribution in [1.82, 2.24) is 9.97 Å². The van der Waals surface area contributed by atoms with E-state index in [0.29, 0.717) is 29.9 Å². The molecule has 0 aliphatic carbocycles. The van der Waals surface area contributed by atoms with Gasteiger partial charge in [-0.15, -0.1) is 0 Å². The van der Waals surface area contributed by atoms with Crippen LogP contribution in [-0.4, -0.2) is 49.4 Å². The van der Waals surface area contributed by atoms with E-state index in [2.05, 4.69) is 15.3 Å². The second-order valence-electron chi connectivity index (χ2n) is 3.34. The van der Waals surface area contributed by atoms with Gasteiger partial charge in [0.25, 0.3) is 0 Å². The van der Waals surface area contributed by atoms with Gasteiger partial charge in [0.2, 0.25) is 11.8 Å². The molecule has 0 spiro atoms. The molecule has 0 aromatic carbocycles. The molecule has 0 aliphatic heterocycles.